The summed E-state index contributed by atoms with van der Waals surface area (Å²) in [5.74, 6) is 2.84. The first kappa shape index (κ1) is 13.7. The van der Waals surface area contributed by atoms with Crippen molar-refractivity contribution < 1.29 is 14.3 Å². The molecule has 2 aromatic carbocycles. The van der Waals surface area contributed by atoms with E-state index in [9.17, 15) is 4.79 Å². The van der Waals surface area contributed by atoms with Crippen molar-refractivity contribution in [2.24, 2.45) is 0 Å². The normalized spacial score (nSPS) is 12.9. The van der Waals surface area contributed by atoms with Crippen molar-refractivity contribution in [2.45, 2.75) is 26.2 Å². The Morgan fingerprint density at radius 2 is 2.05 bits per heavy atom. The van der Waals surface area contributed by atoms with Crippen LogP contribution in [0.25, 0.3) is 0 Å². The van der Waals surface area contributed by atoms with E-state index in [0.717, 1.165) is 42.1 Å². The van der Waals surface area contributed by atoms with Gasteiger partial charge in [0.05, 0.1) is 6.61 Å². The van der Waals surface area contributed by atoms with Gasteiger partial charge in [0.25, 0.3) is 0 Å². The van der Waals surface area contributed by atoms with Crippen LogP contribution in [0.1, 0.15) is 41.3 Å². The summed E-state index contributed by atoms with van der Waals surface area (Å²) in [4.78, 5) is 10.9. The van der Waals surface area contributed by atoms with Crippen molar-refractivity contribution in [1.29, 1.82) is 0 Å². The molecular formula is C18H18O3. The summed E-state index contributed by atoms with van der Waals surface area (Å²) in [7, 11) is 0. The van der Waals surface area contributed by atoms with Gasteiger partial charge in [-0.1, -0.05) is 13.8 Å². The second-order valence-corrected chi connectivity index (χ2v) is 5.54. The third kappa shape index (κ3) is 2.77. The molecule has 0 spiro atoms. The van der Waals surface area contributed by atoms with E-state index in [1.54, 1.807) is 6.07 Å². The molecule has 0 fully saturated rings. The third-order valence-corrected chi connectivity index (χ3v) is 3.68. The molecule has 3 nitrogen and oxygen atoms in total. The Morgan fingerprint density at radius 1 is 1.19 bits per heavy atom. The Balaban J connectivity index is 1.92. The van der Waals surface area contributed by atoms with Crippen molar-refractivity contribution in [3.8, 4) is 17.2 Å². The predicted molar refractivity (Wildman–Crippen MR) is 81.6 cm³/mol. The fraction of sp³-hybridized carbons (Fsp3) is 0.278. The minimum Gasteiger partial charge on any atom is -0.493 e. The van der Waals surface area contributed by atoms with E-state index in [-0.39, 0.29) is 5.92 Å². The average Bonchev–Trinajstić information content (AvgIpc) is 2.95. The van der Waals surface area contributed by atoms with Crippen LogP contribution in [0.2, 0.25) is 0 Å². The zero-order chi connectivity index (χ0) is 14.8. The van der Waals surface area contributed by atoms with E-state index in [2.05, 4.69) is 13.8 Å². The van der Waals surface area contributed by atoms with Crippen LogP contribution >= 0.6 is 0 Å². The lowest BCUT2D eigenvalue weighted by molar-refractivity contribution is 0.112. The van der Waals surface area contributed by atoms with Gasteiger partial charge in [-0.05, 0) is 47.9 Å². The highest BCUT2D eigenvalue weighted by atomic mass is 16.5. The maximum absolute atomic E-state index is 10.9. The van der Waals surface area contributed by atoms with Gasteiger partial charge < -0.3 is 9.47 Å². The second-order valence-electron chi connectivity index (χ2n) is 5.54. The number of ether oxygens (including phenoxy) is 2. The second kappa shape index (κ2) is 5.60. The quantitative estimate of drug-likeness (QED) is 0.782. The van der Waals surface area contributed by atoms with Gasteiger partial charge in [0.1, 0.15) is 23.5 Å². The minimum absolute atomic E-state index is 0.290. The number of carbonyl (C=O) groups is 1. The molecule has 0 bridgehead atoms. The number of rotatable bonds is 4. The molecule has 0 N–H and O–H groups in total. The number of hydrogen-bond acceptors (Lipinski definition) is 3. The highest BCUT2D eigenvalue weighted by molar-refractivity contribution is 5.75. The molecule has 0 saturated heterocycles. The van der Waals surface area contributed by atoms with Gasteiger partial charge in [-0.15, -0.1) is 0 Å². The molecular weight excluding hydrogens is 264 g/mol. The number of fused-ring (bicyclic) bond motifs is 1. The number of carbonyl (C=O) groups excluding carboxylic acids is 1. The molecule has 0 aliphatic carbocycles. The van der Waals surface area contributed by atoms with Gasteiger partial charge in [0.15, 0.2) is 0 Å². The zero-order valence-corrected chi connectivity index (χ0v) is 12.3. The first-order valence-electron chi connectivity index (χ1n) is 7.20. The maximum Gasteiger partial charge on any atom is 0.150 e. The summed E-state index contributed by atoms with van der Waals surface area (Å²) in [5, 5.41) is 0. The average molecular weight is 282 g/mol. The van der Waals surface area contributed by atoms with Crippen LogP contribution in [0.3, 0.4) is 0 Å². The summed E-state index contributed by atoms with van der Waals surface area (Å²) in [5.41, 5.74) is 2.90. The van der Waals surface area contributed by atoms with Crippen molar-refractivity contribution in [3.05, 3.63) is 53.1 Å². The molecule has 0 aromatic heterocycles. The van der Waals surface area contributed by atoms with Gasteiger partial charge >= 0.3 is 0 Å². The molecule has 108 valence electrons. The molecule has 0 saturated carbocycles. The lowest BCUT2D eigenvalue weighted by Gasteiger charge is -2.14. The van der Waals surface area contributed by atoms with Crippen molar-refractivity contribution in [3.63, 3.8) is 0 Å². The lowest BCUT2D eigenvalue weighted by Crippen LogP contribution is -1.96. The van der Waals surface area contributed by atoms with E-state index in [0.29, 0.717) is 5.56 Å². The summed E-state index contributed by atoms with van der Waals surface area (Å²) in [6.07, 6.45) is 1.79. The molecule has 2 aromatic rings. The molecule has 21 heavy (non-hydrogen) atoms. The van der Waals surface area contributed by atoms with Crippen molar-refractivity contribution in [2.75, 3.05) is 6.61 Å². The number of benzene rings is 2. The van der Waals surface area contributed by atoms with Crippen LogP contribution in [0.15, 0.2) is 36.4 Å². The van der Waals surface area contributed by atoms with Gasteiger partial charge in [0, 0.05) is 17.5 Å². The summed E-state index contributed by atoms with van der Waals surface area (Å²) < 4.78 is 11.5. The van der Waals surface area contributed by atoms with Gasteiger partial charge in [-0.25, -0.2) is 0 Å². The molecule has 1 heterocycles. The lowest BCUT2D eigenvalue weighted by atomic mass is 10.00. The van der Waals surface area contributed by atoms with E-state index >= 15 is 0 Å². The number of hydrogen-bond donors (Lipinski definition) is 0. The Kier molecular flexibility index (Phi) is 3.65. The van der Waals surface area contributed by atoms with Gasteiger partial charge in [-0.2, -0.15) is 0 Å². The predicted octanol–water partition coefficient (Wildman–Crippen LogP) is 4.35. The topological polar surface area (TPSA) is 35.5 Å². The summed E-state index contributed by atoms with van der Waals surface area (Å²) in [6.45, 7) is 4.92. The monoisotopic (exact) mass is 282 g/mol. The van der Waals surface area contributed by atoms with Crippen LogP contribution in [0.4, 0.5) is 0 Å². The van der Waals surface area contributed by atoms with Gasteiger partial charge in [-0.3, -0.25) is 4.79 Å². The summed E-state index contributed by atoms with van der Waals surface area (Å²) in [6, 6.07) is 11.4. The first-order valence-corrected chi connectivity index (χ1v) is 7.20. The minimum atomic E-state index is 0.290. The Hall–Kier alpha value is -2.29. The maximum atomic E-state index is 10.9. The molecule has 3 heteroatoms. The van der Waals surface area contributed by atoms with Crippen LogP contribution in [-0.2, 0) is 6.42 Å². The smallest absolute Gasteiger partial charge is 0.150 e. The van der Waals surface area contributed by atoms with Crippen LogP contribution < -0.4 is 9.47 Å². The fourth-order valence-corrected chi connectivity index (χ4v) is 2.54. The molecule has 1 aliphatic heterocycles. The largest absolute Gasteiger partial charge is 0.493 e. The fourth-order valence-electron chi connectivity index (χ4n) is 2.54. The first-order chi connectivity index (χ1) is 10.2. The number of aldehydes is 1. The van der Waals surface area contributed by atoms with Crippen LogP contribution in [-0.4, -0.2) is 12.9 Å². The Morgan fingerprint density at radius 3 is 2.81 bits per heavy atom. The van der Waals surface area contributed by atoms with E-state index in [1.165, 1.54) is 5.56 Å². The molecule has 1 aliphatic rings. The zero-order valence-electron chi connectivity index (χ0n) is 12.3. The molecule has 3 rings (SSSR count). The molecule has 0 atom stereocenters. The van der Waals surface area contributed by atoms with E-state index in [4.69, 9.17) is 9.47 Å². The molecule has 0 radical (unpaired) electrons. The summed E-state index contributed by atoms with van der Waals surface area (Å²) >= 11 is 0. The van der Waals surface area contributed by atoms with Crippen molar-refractivity contribution in [1.82, 2.24) is 0 Å². The van der Waals surface area contributed by atoms with Crippen LogP contribution in [0, 0.1) is 0 Å². The molecule has 0 unspecified atom stereocenters. The van der Waals surface area contributed by atoms with E-state index in [1.807, 2.05) is 30.3 Å². The third-order valence-electron chi connectivity index (χ3n) is 3.68. The highest BCUT2D eigenvalue weighted by Crippen LogP contribution is 2.34. The Bertz CT molecular complexity index is 674. The van der Waals surface area contributed by atoms with Gasteiger partial charge in [0.2, 0.25) is 0 Å². The molecule has 0 amide bonds. The van der Waals surface area contributed by atoms with Crippen LogP contribution in [0.5, 0.6) is 17.2 Å². The Labute approximate surface area is 124 Å². The standard InChI is InChI=1S/C18H18O3/c1-12(2)16-9-13(11-19)3-5-18(16)21-15-4-6-17-14(10-15)7-8-20-17/h3-6,9-12H,7-8H2,1-2H3. The van der Waals surface area contributed by atoms with E-state index < -0.39 is 0 Å². The SMILES string of the molecule is CC(C)c1cc(C=O)ccc1Oc1ccc2c(c1)CCO2. The van der Waals surface area contributed by atoms with Crippen molar-refractivity contribution >= 4 is 6.29 Å². The highest BCUT2D eigenvalue weighted by Gasteiger charge is 2.14.